The van der Waals surface area contributed by atoms with Gasteiger partial charge in [-0.25, -0.2) is 0 Å². The monoisotopic (exact) mass is 605 g/mol. The van der Waals surface area contributed by atoms with Crippen molar-refractivity contribution in [3.63, 3.8) is 0 Å². The molecule has 8 heteroatoms. The van der Waals surface area contributed by atoms with Gasteiger partial charge in [-0.3, -0.25) is 4.79 Å². The molecule has 5 N–H and O–H groups in total. The van der Waals surface area contributed by atoms with E-state index < -0.39 is 37.3 Å². The van der Waals surface area contributed by atoms with Crippen molar-refractivity contribution in [1.29, 1.82) is 0 Å². The van der Waals surface area contributed by atoms with Gasteiger partial charge in [0.1, 0.15) is 31.0 Å². The van der Waals surface area contributed by atoms with Gasteiger partial charge in [-0.05, 0) is 97.7 Å². The molecule has 0 unspecified atom stereocenters. The van der Waals surface area contributed by atoms with E-state index in [4.69, 9.17) is 9.47 Å². The predicted octanol–water partition coefficient (Wildman–Crippen LogP) is 4.33. The van der Waals surface area contributed by atoms with E-state index in [0.29, 0.717) is 5.41 Å². The molecule has 246 valence electrons. The van der Waals surface area contributed by atoms with E-state index in [1.165, 1.54) is 56.9 Å². The maximum atomic E-state index is 12.8. The van der Waals surface area contributed by atoms with Crippen LogP contribution in [0.1, 0.15) is 105 Å². The third-order valence-corrected chi connectivity index (χ3v) is 12.9. The minimum atomic E-state index is -1.53. The number of fused-ring (bicyclic) bond motifs is 5. The molecule has 13 atom stereocenters. The number of hydrogen-bond donors (Lipinski definition) is 5. The molecule has 0 aromatic carbocycles. The Kier molecular flexibility index (Phi) is 10.4. The number of amides is 1. The van der Waals surface area contributed by atoms with Crippen LogP contribution < -0.4 is 5.32 Å². The molecule has 4 aliphatic carbocycles. The zero-order valence-electron chi connectivity index (χ0n) is 27.2. The average Bonchev–Trinajstić information content (AvgIpc) is 3.33. The number of hydrogen-bond acceptors (Lipinski definition) is 7. The van der Waals surface area contributed by atoms with Gasteiger partial charge >= 0.3 is 0 Å². The standard InChI is InChI=1S/C35H59NO7/c1-20(2)7-6-8-21(3)25-11-12-26-24-10-9-22-17-23(13-15-34(22,4)27(24)14-16-35(25,26)5)36-29(38)19-42-33-32(41)31(40)30(39)28(18-37)43-33/h9,20-21,23-28,30-33,37,39-41H,6-8,10-19H2,1-5H3,(H,36,38)/t21-,23+,24+,25-,26+,27+,28-,30-,31+,32-,33+,34+,35-/m1/s1. The Morgan fingerprint density at radius 1 is 1.02 bits per heavy atom. The summed E-state index contributed by atoms with van der Waals surface area (Å²) in [5, 5.41) is 42.6. The molecular formula is C35H59NO7. The van der Waals surface area contributed by atoms with Crippen molar-refractivity contribution in [2.45, 2.75) is 142 Å². The fraction of sp³-hybridized carbons (Fsp3) is 0.914. The molecule has 0 aromatic heterocycles. The largest absolute Gasteiger partial charge is 0.394 e. The second-order valence-electron chi connectivity index (χ2n) is 15.8. The van der Waals surface area contributed by atoms with E-state index in [1.54, 1.807) is 0 Å². The maximum Gasteiger partial charge on any atom is 0.246 e. The van der Waals surface area contributed by atoms with Gasteiger partial charge in [-0.15, -0.1) is 0 Å². The molecule has 5 rings (SSSR count). The van der Waals surface area contributed by atoms with Gasteiger partial charge in [0.15, 0.2) is 6.29 Å². The lowest BCUT2D eigenvalue weighted by atomic mass is 9.47. The SMILES string of the molecule is CC(C)CCC[C@@H](C)[C@H]1CC[C@H]2[C@@H]3CC=C4C[C@@H](NC(=O)CO[C@H]5O[C@H](CO)[C@@H](O)[C@H](O)[C@H]5O)CC[C@]4(C)[C@H]3CC[C@]12C. The Hall–Kier alpha value is -1.03. The number of aliphatic hydroxyl groups excluding tert-OH is 4. The minimum Gasteiger partial charge on any atom is -0.394 e. The Balaban J connectivity index is 1.16. The lowest BCUT2D eigenvalue weighted by Gasteiger charge is -2.58. The van der Waals surface area contributed by atoms with Crippen LogP contribution in [0.3, 0.4) is 0 Å². The summed E-state index contributed by atoms with van der Waals surface area (Å²) < 4.78 is 10.8. The molecule has 5 aliphatic rings. The van der Waals surface area contributed by atoms with E-state index in [2.05, 4.69) is 46.0 Å². The van der Waals surface area contributed by atoms with E-state index in [0.717, 1.165) is 54.8 Å². The van der Waals surface area contributed by atoms with Gasteiger partial charge in [-0.2, -0.15) is 0 Å². The molecule has 1 amide bonds. The molecule has 0 spiro atoms. The Bertz CT molecular complexity index is 1000. The quantitative estimate of drug-likeness (QED) is 0.235. The highest BCUT2D eigenvalue weighted by Gasteiger charge is 2.59. The van der Waals surface area contributed by atoms with Crippen LogP contribution in [0.5, 0.6) is 0 Å². The molecule has 4 fully saturated rings. The lowest BCUT2D eigenvalue weighted by Crippen LogP contribution is -2.59. The fourth-order valence-electron chi connectivity index (χ4n) is 10.4. The third kappa shape index (κ3) is 6.48. The number of nitrogens with one attached hydrogen (secondary N) is 1. The summed E-state index contributed by atoms with van der Waals surface area (Å²) in [5.41, 5.74) is 2.20. The van der Waals surface area contributed by atoms with Gasteiger partial charge in [0.2, 0.25) is 5.91 Å². The van der Waals surface area contributed by atoms with Crippen molar-refractivity contribution in [1.82, 2.24) is 5.32 Å². The zero-order valence-corrected chi connectivity index (χ0v) is 27.2. The van der Waals surface area contributed by atoms with Crippen molar-refractivity contribution in [2.24, 2.45) is 46.3 Å². The molecule has 0 bridgehead atoms. The molecule has 1 aliphatic heterocycles. The Morgan fingerprint density at radius 3 is 2.51 bits per heavy atom. The predicted molar refractivity (Wildman–Crippen MR) is 165 cm³/mol. The summed E-state index contributed by atoms with van der Waals surface area (Å²) >= 11 is 0. The van der Waals surface area contributed by atoms with Gasteiger partial charge in [0, 0.05) is 6.04 Å². The van der Waals surface area contributed by atoms with Crippen molar-refractivity contribution in [2.75, 3.05) is 13.2 Å². The van der Waals surface area contributed by atoms with Crippen LogP contribution in [0, 0.1) is 46.3 Å². The molecule has 3 saturated carbocycles. The van der Waals surface area contributed by atoms with Crippen LogP contribution in [0.4, 0.5) is 0 Å². The minimum absolute atomic E-state index is 0.0400. The Labute approximate surface area is 259 Å². The molecule has 43 heavy (non-hydrogen) atoms. The van der Waals surface area contributed by atoms with Crippen LogP contribution in [0.15, 0.2) is 11.6 Å². The van der Waals surface area contributed by atoms with Gasteiger partial charge in [-0.1, -0.05) is 65.5 Å². The highest BCUT2D eigenvalue weighted by molar-refractivity contribution is 5.77. The average molecular weight is 606 g/mol. The van der Waals surface area contributed by atoms with Gasteiger partial charge in [0.25, 0.3) is 0 Å². The van der Waals surface area contributed by atoms with Crippen molar-refractivity contribution >= 4 is 5.91 Å². The summed E-state index contributed by atoms with van der Waals surface area (Å²) in [6.07, 6.45) is 9.30. The number of carbonyl (C=O) groups excluding carboxylic acids is 1. The summed E-state index contributed by atoms with van der Waals surface area (Å²) in [7, 11) is 0. The van der Waals surface area contributed by atoms with Crippen LogP contribution in [-0.2, 0) is 14.3 Å². The van der Waals surface area contributed by atoms with Crippen LogP contribution in [0.2, 0.25) is 0 Å². The number of rotatable bonds is 10. The summed E-state index contributed by atoms with van der Waals surface area (Å²) in [4.78, 5) is 12.8. The third-order valence-electron chi connectivity index (χ3n) is 12.9. The number of ether oxygens (including phenoxy) is 2. The first kappa shape index (κ1) is 33.3. The highest BCUT2D eigenvalue weighted by Crippen LogP contribution is 2.67. The second-order valence-corrected chi connectivity index (χ2v) is 15.8. The van der Waals surface area contributed by atoms with Crippen molar-refractivity contribution in [3.8, 4) is 0 Å². The first-order valence-corrected chi connectivity index (χ1v) is 17.3. The molecular weight excluding hydrogens is 546 g/mol. The van der Waals surface area contributed by atoms with E-state index >= 15 is 0 Å². The number of aliphatic hydroxyl groups is 4. The lowest BCUT2D eigenvalue weighted by molar-refractivity contribution is -0.299. The van der Waals surface area contributed by atoms with Crippen molar-refractivity contribution < 1.29 is 34.7 Å². The second kappa shape index (κ2) is 13.4. The summed E-state index contributed by atoms with van der Waals surface area (Å²) in [6, 6.07) is 0.0400. The smallest absolute Gasteiger partial charge is 0.246 e. The van der Waals surface area contributed by atoms with Crippen LogP contribution in [-0.4, -0.2) is 76.3 Å². The summed E-state index contributed by atoms with van der Waals surface area (Å²) in [5.74, 6) is 4.51. The molecule has 0 radical (unpaired) electrons. The molecule has 1 saturated heterocycles. The van der Waals surface area contributed by atoms with E-state index in [-0.39, 0.29) is 24.0 Å². The highest BCUT2D eigenvalue weighted by atomic mass is 16.7. The zero-order chi connectivity index (χ0) is 31.1. The number of carbonyl (C=O) groups is 1. The molecule has 0 aromatic rings. The normalized spacial score (nSPS) is 45.1. The van der Waals surface area contributed by atoms with Crippen LogP contribution >= 0.6 is 0 Å². The first-order valence-electron chi connectivity index (χ1n) is 17.3. The van der Waals surface area contributed by atoms with E-state index in [9.17, 15) is 25.2 Å². The number of allylic oxidation sites excluding steroid dienone is 1. The van der Waals surface area contributed by atoms with Crippen molar-refractivity contribution in [3.05, 3.63) is 11.6 Å². The fourth-order valence-corrected chi connectivity index (χ4v) is 10.4. The summed E-state index contributed by atoms with van der Waals surface area (Å²) in [6.45, 7) is 11.5. The molecule has 8 nitrogen and oxygen atoms in total. The maximum absolute atomic E-state index is 12.8. The van der Waals surface area contributed by atoms with Gasteiger partial charge in [0.05, 0.1) is 6.61 Å². The van der Waals surface area contributed by atoms with E-state index in [1.807, 2.05) is 0 Å². The molecule has 1 heterocycles. The first-order chi connectivity index (χ1) is 20.4. The Morgan fingerprint density at radius 2 is 1.79 bits per heavy atom. The van der Waals surface area contributed by atoms with Crippen LogP contribution in [0.25, 0.3) is 0 Å². The topological polar surface area (TPSA) is 128 Å². The van der Waals surface area contributed by atoms with Gasteiger partial charge < -0.3 is 35.2 Å².